The van der Waals surface area contributed by atoms with Gasteiger partial charge in [-0.25, -0.2) is 4.98 Å². The van der Waals surface area contributed by atoms with Gasteiger partial charge in [0.05, 0.1) is 20.3 Å². The Morgan fingerprint density at radius 3 is 2.67 bits per heavy atom. The van der Waals surface area contributed by atoms with Crippen molar-refractivity contribution < 1.29 is 9.47 Å². The van der Waals surface area contributed by atoms with Crippen LogP contribution in [0.25, 0.3) is 11.4 Å². The fraction of sp³-hybridized carbons (Fsp3) is 0.385. The molecule has 2 aromatic rings. The lowest BCUT2D eigenvalue weighted by atomic mass is 10.2. The molecule has 3 rings (SSSR count). The Morgan fingerprint density at radius 2 is 2.00 bits per heavy atom. The highest BCUT2D eigenvalue weighted by Gasteiger charge is 2.17. The lowest BCUT2D eigenvalue weighted by Crippen LogP contribution is -2.37. The Hall–Kier alpha value is -2.48. The molecule has 2 aromatic heterocycles. The first-order valence-electron chi connectivity index (χ1n) is 6.61. The van der Waals surface area contributed by atoms with Crippen molar-refractivity contribution in [2.45, 2.75) is 0 Å². The Labute approximate surface area is 122 Å². The van der Waals surface area contributed by atoms with E-state index in [1.54, 1.807) is 12.3 Å². The zero-order valence-corrected chi connectivity index (χ0v) is 11.7. The molecule has 0 saturated carbocycles. The number of hydrogen-bond acceptors (Lipinski definition) is 8. The minimum atomic E-state index is 0.276. The molecule has 0 aromatic carbocycles. The van der Waals surface area contributed by atoms with Gasteiger partial charge in [-0.3, -0.25) is 0 Å². The van der Waals surface area contributed by atoms with Gasteiger partial charge in [0.15, 0.2) is 5.82 Å². The van der Waals surface area contributed by atoms with Gasteiger partial charge < -0.3 is 20.1 Å². The summed E-state index contributed by atoms with van der Waals surface area (Å²) in [4.78, 5) is 19.2. The van der Waals surface area contributed by atoms with Crippen molar-refractivity contribution in [1.82, 2.24) is 19.9 Å². The molecular weight excluding hydrogens is 272 g/mol. The molecule has 2 N–H and O–H groups in total. The second-order valence-electron chi connectivity index (χ2n) is 4.52. The summed E-state index contributed by atoms with van der Waals surface area (Å²) in [6.07, 6.45) is 1.63. The van der Waals surface area contributed by atoms with Gasteiger partial charge in [-0.2, -0.15) is 15.0 Å². The number of morpholine rings is 1. The van der Waals surface area contributed by atoms with Crippen LogP contribution in [0.15, 0.2) is 18.3 Å². The van der Waals surface area contributed by atoms with E-state index in [1.165, 1.54) is 7.11 Å². The first-order valence-corrected chi connectivity index (χ1v) is 6.61. The average Bonchev–Trinajstić information content (AvgIpc) is 2.56. The number of nitrogens with zero attached hydrogens (tertiary/aromatic N) is 5. The van der Waals surface area contributed by atoms with Crippen LogP contribution in [0.5, 0.6) is 6.01 Å². The van der Waals surface area contributed by atoms with E-state index in [4.69, 9.17) is 15.2 Å². The molecule has 8 heteroatoms. The monoisotopic (exact) mass is 288 g/mol. The molecule has 1 saturated heterocycles. The minimum absolute atomic E-state index is 0.276. The Kier molecular flexibility index (Phi) is 3.78. The van der Waals surface area contributed by atoms with Crippen LogP contribution in [0.3, 0.4) is 0 Å². The zero-order valence-electron chi connectivity index (χ0n) is 11.7. The van der Waals surface area contributed by atoms with Crippen molar-refractivity contribution in [3.8, 4) is 17.4 Å². The van der Waals surface area contributed by atoms with Gasteiger partial charge in [0.1, 0.15) is 5.82 Å². The summed E-state index contributed by atoms with van der Waals surface area (Å²) in [6, 6.07) is 3.80. The molecule has 0 radical (unpaired) electrons. The minimum Gasteiger partial charge on any atom is -0.467 e. The van der Waals surface area contributed by atoms with Crippen molar-refractivity contribution >= 4 is 11.8 Å². The second-order valence-corrected chi connectivity index (χ2v) is 4.52. The van der Waals surface area contributed by atoms with Crippen molar-refractivity contribution in [3.63, 3.8) is 0 Å². The zero-order chi connectivity index (χ0) is 14.7. The number of ether oxygens (including phenoxy) is 2. The van der Waals surface area contributed by atoms with Crippen LogP contribution in [0.1, 0.15) is 0 Å². The summed E-state index contributed by atoms with van der Waals surface area (Å²) in [5, 5.41) is 0. The number of nitrogen functional groups attached to an aromatic ring is 1. The maximum atomic E-state index is 5.60. The molecule has 0 spiro atoms. The molecule has 1 aliphatic rings. The number of hydrogen-bond donors (Lipinski definition) is 1. The van der Waals surface area contributed by atoms with Crippen LogP contribution in [-0.4, -0.2) is 53.3 Å². The Bertz CT molecular complexity index is 613. The standard InChI is InChI=1S/C13H16N6O2/c1-20-13-17-11(9-2-3-10(14)15-8-9)16-12(18-13)19-4-6-21-7-5-19/h2-3,8H,4-7H2,1H3,(H2,14,15). The quantitative estimate of drug-likeness (QED) is 0.864. The van der Waals surface area contributed by atoms with Gasteiger partial charge in [-0.1, -0.05) is 0 Å². The molecule has 3 heterocycles. The predicted octanol–water partition coefficient (Wildman–Crippen LogP) is 0.361. The van der Waals surface area contributed by atoms with E-state index in [9.17, 15) is 0 Å². The number of pyridine rings is 1. The average molecular weight is 288 g/mol. The highest BCUT2D eigenvalue weighted by molar-refractivity contribution is 5.57. The molecule has 110 valence electrons. The molecular formula is C13H16N6O2. The van der Waals surface area contributed by atoms with E-state index in [-0.39, 0.29) is 6.01 Å². The molecule has 0 aliphatic carbocycles. The molecule has 0 unspecified atom stereocenters. The lowest BCUT2D eigenvalue weighted by Gasteiger charge is -2.26. The first kappa shape index (κ1) is 13.5. The van der Waals surface area contributed by atoms with Crippen molar-refractivity contribution in [2.24, 2.45) is 0 Å². The fourth-order valence-corrected chi connectivity index (χ4v) is 2.01. The van der Waals surface area contributed by atoms with Crippen molar-refractivity contribution in [1.29, 1.82) is 0 Å². The second kappa shape index (κ2) is 5.88. The summed E-state index contributed by atoms with van der Waals surface area (Å²) in [7, 11) is 1.53. The van der Waals surface area contributed by atoms with Crippen LogP contribution in [0.4, 0.5) is 11.8 Å². The fourth-order valence-electron chi connectivity index (χ4n) is 2.01. The van der Waals surface area contributed by atoms with Crippen LogP contribution in [0.2, 0.25) is 0 Å². The molecule has 21 heavy (non-hydrogen) atoms. The van der Waals surface area contributed by atoms with Crippen LogP contribution in [-0.2, 0) is 4.74 Å². The number of anilines is 2. The van der Waals surface area contributed by atoms with E-state index in [0.29, 0.717) is 30.8 Å². The Morgan fingerprint density at radius 1 is 1.19 bits per heavy atom. The molecule has 0 atom stereocenters. The van der Waals surface area contributed by atoms with Crippen LogP contribution < -0.4 is 15.4 Å². The highest BCUT2D eigenvalue weighted by atomic mass is 16.5. The largest absolute Gasteiger partial charge is 0.467 e. The summed E-state index contributed by atoms with van der Waals surface area (Å²) in [5.74, 6) is 1.54. The van der Waals surface area contributed by atoms with E-state index < -0.39 is 0 Å². The maximum Gasteiger partial charge on any atom is 0.321 e. The SMILES string of the molecule is COc1nc(-c2ccc(N)nc2)nc(N2CCOCC2)n1. The first-order chi connectivity index (χ1) is 10.3. The number of aromatic nitrogens is 4. The van der Waals surface area contributed by atoms with Crippen LogP contribution >= 0.6 is 0 Å². The summed E-state index contributed by atoms with van der Waals surface area (Å²) < 4.78 is 10.5. The van der Waals surface area contributed by atoms with Gasteiger partial charge in [0.2, 0.25) is 5.95 Å². The summed E-state index contributed by atoms with van der Waals surface area (Å²) in [5.41, 5.74) is 6.36. The topological polar surface area (TPSA) is 99.3 Å². The van der Waals surface area contributed by atoms with Crippen LogP contribution in [0, 0.1) is 0 Å². The number of methoxy groups -OCH3 is 1. The lowest BCUT2D eigenvalue weighted by molar-refractivity contribution is 0.122. The summed E-state index contributed by atoms with van der Waals surface area (Å²) >= 11 is 0. The van der Waals surface area contributed by atoms with E-state index in [2.05, 4.69) is 19.9 Å². The maximum absolute atomic E-state index is 5.60. The molecule has 0 amide bonds. The van der Waals surface area contributed by atoms with Crippen molar-refractivity contribution in [2.75, 3.05) is 44.0 Å². The summed E-state index contributed by atoms with van der Waals surface area (Å²) in [6.45, 7) is 2.80. The van der Waals surface area contributed by atoms with Gasteiger partial charge in [-0.05, 0) is 12.1 Å². The number of nitrogens with two attached hydrogens (primary N) is 1. The molecule has 8 nitrogen and oxygen atoms in total. The Balaban J connectivity index is 1.98. The van der Waals surface area contributed by atoms with Crippen molar-refractivity contribution in [3.05, 3.63) is 18.3 Å². The van der Waals surface area contributed by atoms with E-state index >= 15 is 0 Å². The third-order valence-electron chi connectivity index (χ3n) is 3.12. The molecule has 1 fully saturated rings. The smallest absolute Gasteiger partial charge is 0.321 e. The molecule has 0 bridgehead atoms. The highest BCUT2D eigenvalue weighted by Crippen LogP contribution is 2.20. The predicted molar refractivity (Wildman–Crippen MR) is 77.1 cm³/mol. The third kappa shape index (κ3) is 3.00. The van der Waals surface area contributed by atoms with Gasteiger partial charge in [0, 0.05) is 24.8 Å². The third-order valence-corrected chi connectivity index (χ3v) is 3.12. The molecule has 1 aliphatic heterocycles. The normalized spacial score (nSPS) is 15.0. The number of rotatable bonds is 3. The van der Waals surface area contributed by atoms with Gasteiger partial charge in [0.25, 0.3) is 0 Å². The van der Waals surface area contributed by atoms with E-state index in [1.807, 2.05) is 11.0 Å². The van der Waals surface area contributed by atoms with E-state index in [0.717, 1.165) is 18.7 Å². The van der Waals surface area contributed by atoms with Gasteiger partial charge in [-0.15, -0.1) is 0 Å². The van der Waals surface area contributed by atoms with Gasteiger partial charge >= 0.3 is 6.01 Å².